The van der Waals surface area contributed by atoms with Gasteiger partial charge < -0.3 is 9.73 Å². The van der Waals surface area contributed by atoms with E-state index in [2.05, 4.69) is 20.6 Å². The topological polar surface area (TPSA) is 80.0 Å². The molecule has 2 aromatic heterocycles. The number of hydrogen-bond donors (Lipinski definition) is 2. The lowest BCUT2D eigenvalue weighted by molar-refractivity contribution is 0.262. The highest BCUT2D eigenvalue weighted by Crippen LogP contribution is 2.30. The molecule has 1 aromatic carbocycles. The predicted molar refractivity (Wildman–Crippen MR) is 102 cm³/mol. The highest BCUT2D eigenvalue weighted by atomic mass is 35.5. The maximum absolute atomic E-state index is 12.0. The molecule has 0 aliphatic carbocycles. The van der Waals surface area contributed by atoms with E-state index in [4.69, 9.17) is 16.0 Å². The number of carbonyl (C=O) groups excluding carboxylic acids is 1. The van der Waals surface area contributed by atoms with Gasteiger partial charge in [0.25, 0.3) is 0 Å². The molecule has 6 nitrogen and oxygen atoms in total. The second-order valence-corrected chi connectivity index (χ2v) is 7.68. The lowest BCUT2D eigenvalue weighted by Gasteiger charge is -2.05. The Morgan fingerprint density at radius 2 is 2.20 bits per heavy atom. The molecule has 2 heterocycles. The minimum Gasteiger partial charge on any atom is -0.445 e. The molecule has 3 rings (SSSR count). The number of hydrogen-bond acceptors (Lipinski definition) is 6. The molecule has 2 amide bonds. The normalized spacial score (nSPS) is 10.6. The van der Waals surface area contributed by atoms with Crippen molar-refractivity contribution in [1.82, 2.24) is 9.97 Å². The number of aromatic nitrogens is 2. The van der Waals surface area contributed by atoms with E-state index in [0.29, 0.717) is 27.5 Å². The average molecular weight is 395 g/mol. The number of amides is 2. The number of benzene rings is 1. The molecule has 0 aliphatic heterocycles. The van der Waals surface area contributed by atoms with Crippen molar-refractivity contribution in [3.63, 3.8) is 0 Å². The van der Waals surface area contributed by atoms with Crippen LogP contribution < -0.4 is 10.6 Å². The summed E-state index contributed by atoms with van der Waals surface area (Å²) in [6, 6.07) is 6.57. The van der Waals surface area contributed by atoms with Gasteiger partial charge >= 0.3 is 6.03 Å². The SMILES string of the molecule is CCc1cnc(CSc2cnc(NC(=O)Nc3cccc(Cl)c3)s2)o1. The number of oxazole rings is 1. The number of nitrogens with one attached hydrogen (secondary N) is 2. The minimum atomic E-state index is -0.367. The number of nitrogens with zero attached hydrogens (tertiary/aromatic N) is 2. The Balaban J connectivity index is 1.51. The second-order valence-electron chi connectivity index (χ2n) is 4.94. The number of rotatable bonds is 6. The Bertz CT molecular complexity index is 865. The molecule has 0 aliphatic rings. The van der Waals surface area contributed by atoms with E-state index in [1.807, 2.05) is 6.92 Å². The molecule has 9 heteroatoms. The van der Waals surface area contributed by atoms with Crippen LogP contribution in [0.25, 0.3) is 0 Å². The molecule has 0 bridgehead atoms. The summed E-state index contributed by atoms with van der Waals surface area (Å²) in [4.78, 5) is 20.4. The van der Waals surface area contributed by atoms with Crippen LogP contribution in [0.5, 0.6) is 0 Å². The number of thioether (sulfide) groups is 1. The highest BCUT2D eigenvalue weighted by Gasteiger charge is 2.09. The molecule has 2 N–H and O–H groups in total. The van der Waals surface area contributed by atoms with E-state index in [1.165, 1.54) is 11.3 Å². The van der Waals surface area contributed by atoms with Gasteiger partial charge in [-0.15, -0.1) is 11.8 Å². The van der Waals surface area contributed by atoms with Crippen LogP contribution >= 0.6 is 34.7 Å². The van der Waals surface area contributed by atoms with Crippen LogP contribution in [0.3, 0.4) is 0 Å². The van der Waals surface area contributed by atoms with E-state index < -0.39 is 0 Å². The van der Waals surface area contributed by atoms with Crippen LogP contribution in [0.2, 0.25) is 5.02 Å². The smallest absolute Gasteiger partial charge is 0.325 e. The molecule has 0 atom stereocenters. The summed E-state index contributed by atoms with van der Waals surface area (Å²) in [5.41, 5.74) is 0.617. The monoisotopic (exact) mass is 394 g/mol. The summed E-state index contributed by atoms with van der Waals surface area (Å²) in [5.74, 6) is 2.18. The molecule has 0 unspecified atom stereocenters. The number of halogens is 1. The first-order valence-electron chi connectivity index (χ1n) is 7.48. The lowest BCUT2D eigenvalue weighted by atomic mass is 10.3. The number of aryl methyl sites for hydroxylation is 1. The zero-order chi connectivity index (χ0) is 17.6. The third-order valence-corrected chi connectivity index (χ3v) is 5.40. The van der Waals surface area contributed by atoms with Gasteiger partial charge in [0.1, 0.15) is 5.76 Å². The van der Waals surface area contributed by atoms with E-state index in [9.17, 15) is 4.79 Å². The van der Waals surface area contributed by atoms with Crippen LogP contribution in [0, 0.1) is 0 Å². The first-order chi connectivity index (χ1) is 12.1. The van der Waals surface area contributed by atoms with Crippen molar-refractivity contribution in [2.45, 2.75) is 23.3 Å². The Morgan fingerprint density at radius 3 is 2.96 bits per heavy atom. The number of anilines is 2. The van der Waals surface area contributed by atoms with Crippen molar-refractivity contribution in [1.29, 1.82) is 0 Å². The van der Waals surface area contributed by atoms with Gasteiger partial charge in [0.2, 0.25) is 5.89 Å². The summed E-state index contributed by atoms with van der Waals surface area (Å²) in [6.07, 6.45) is 4.29. The summed E-state index contributed by atoms with van der Waals surface area (Å²) < 4.78 is 6.53. The first-order valence-corrected chi connectivity index (χ1v) is 9.66. The molecule has 130 valence electrons. The Labute approximate surface area is 158 Å². The van der Waals surface area contributed by atoms with Crippen molar-refractivity contribution in [2.75, 3.05) is 10.6 Å². The summed E-state index contributed by atoms with van der Waals surface area (Å²) in [7, 11) is 0. The van der Waals surface area contributed by atoms with Crippen molar-refractivity contribution in [2.24, 2.45) is 0 Å². The van der Waals surface area contributed by atoms with Crippen LogP contribution in [0.15, 0.2) is 45.3 Å². The molecule has 0 fully saturated rings. The zero-order valence-corrected chi connectivity index (χ0v) is 15.7. The van der Waals surface area contributed by atoms with Gasteiger partial charge in [-0.1, -0.05) is 35.9 Å². The third kappa shape index (κ3) is 5.22. The largest absolute Gasteiger partial charge is 0.445 e. The van der Waals surface area contributed by atoms with Gasteiger partial charge in [0.15, 0.2) is 5.13 Å². The van der Waals surface area contributed by atoms with Gasteiger partial charge in [-0.05, 0) is 18.2 Å². The van der Waals surface area contributed by atoms with Crippen LogP contribution in [-0.2, 0) is 12.2 Å². The Kier molecular flexibility index (Phi) is 5.95. The van der Waals surface area contributed by atoms with E-state index in [-0.39, 0.29) is 6.03 Å². The molecule has 3 aromatic rings. The molecule has 0 radical (unpaired) electrons. The third-order valence-electron chi connectivity index (χ3n) is 3.08. The maximum atomic E-state index is 12.0. The minimum absolute atomic E-state index is 0.367. The number of carbonyl (C=O) groups is 1. The second kappa shape index (κ2) is 8.37. The van der Waals surface area contributed by atoms with E-state index in [0.717, 1.165) is 16.4 Å². The summed E-state index contributed by atoms with van der Waals surface area (Å²) >= 11 is 8.84. The number of thiazole rings is 1. The van der Waals surface area contributed by atoms with Crippen LogP contribution in [-0.4, -0.2) is 16.0 Å². The fraction of sp³-hybridized carbons (Fsp3) is 0.188. The lowest BCUT2D eigenvalue weighted by Crippen LogP contribution is -2.19. The van der Waals surface area contributed by atoms with E-state index >= 15 is 0 Å². The van der Waals surface area contributed by atoms with Gasteiger partial charge in [-0.3, -0.25) is 5.32 Å². The Morgan fingerprint density at radius 1 is 1.32 bits per heavy atom. The molecule has 0 saturated heterocycles. The maximum Gasteiger partial charge on any atom is 0.325 e. The molecular formula is C16H15ClN4O2S2. The van der Waals surface area contributed by atoms with Crippen LogP contribution in [0.4, 0.5) is 15.6 Å². The quantitative estimate of drug-likeness (QED) is 0.555. The fourth-order valence-electron chi connectivity index (χ4n) is 1.92. The summed E-state index contributed by atoms with van der Waals surface area (Å²) in [5, 5.41) is 6.49. The molecule has 0 saturated carbocycles. The van der Waals surface area contributed by atoms with Crippen molar-refractivity contribution >= 4 is 51.5 Å². The first kappa shape index (κ1) is 17.8. The van der Waals surface area contributed by atoms with Crippen molar-refractivity contribution < 1.29 is 9.21 Å². The predicted octanol–water partition coefficient (Wildman–Crippen LogP) is 5.28. The van der Waals surface area contributed by atoms with Crippen molar-refractivity contribution in [3.05, 3.63) is 53.3 Å². The molecular weight excluding hydrogens is 380 g/mol. The highest BCUT2D eigenvalue weighted by molar-refractivity contribution is 8.00. The van der Waals surface area contributed by atoms with Gasteiger partial charge in [0, 0.05) is 17.1 Å². The van der Waals surface area contributed by atoms with Gasteiger partial charge in [-0.2, -0.15) is 0 Å². The van der Waals surface area contributed by atoms with E-state index in [1.54, 1.807) is 48.4 Å². The molecule has 0 spiro atoms. The van der Waals surface area contributed by atoms with Crippen LogP contribution in [0.1, 0.15) is 18.6 Å². The van der Waals surface area contributed by atoms with Gasteiger partial charge in [-0.25, -0.2) is 14.8 Å². The fourth-order valence-corrected chi connectivity index (χ4v) is 3.83. The van der Waals surface area contributed by atoms with Gasteiger partial charge in [0.05, 0.1) is 22.4 Å². The zero-order valence-electron chi connectivity index (χ0n) is 13.3. The summed E-state index contributed by atoms with van der Waals surface area (Å²) in [6.45, 7) is 2.02. The Hall–Kier alpha value is -2.03. The number of urea groups is 1. The average Bonchev–Trinajstić information content (AvgIpc) is 3.21. The van der Waals surface area contributed by atoms with Crippen molar-refractivity contribution in [3.8, 4) is 0 Å². The molecule has 25 heavy (non-hydrogen) atoms. The standard InChI is InChI=1S/C16H15ClN4O2S2/c1-2-12-7-18-13(23-12)9-24-14-8-19-16(25-14)21-15(22)20-11-5-3-4-10(17)6-11/h3-8H,2,9H2,1H3,(H2,19,20,21,22).